The number of ether oxygens (including phenoxy) is 1. The third-order valence-corrected chi connectivity index (χ3v) is 2.45. The average Bonchev–Trinajstić information content (AvgIpc) is 2.20. The zero-order chi connectivity index (χ0) is 15.8. The van der Waals surface area contributed by atoms with Gasteiger partial charge in [0.1, 0.15) is 5.60 Å². The van der Waals surface area contributed by atoms with E-state index in [1.165, 1.54) is 0 Å². The molecule has 20 heavy (non-hydrogen) atoms. The summed E-state index contributed by atoms with van der Waals surface area (Å²) in [6, 6.07) is 0. The van der Waals surface area contributed by atoms with Gasteiger partial charge in [0, 0.05) is 19.5 Å². The number of hydrogen-bond donors (Lipinski definition) is 2. The van der Waals surface area contributed by atoms with E-state index in [1.807, 2.05) is 20.8 Å². The summed E-state index contributed by atoms with van der Waals surface area (Å²) in [5.41, 5.74) is -0.264. The van der Waals surface area contributed by atoms with Crippen LogP contribution >= 0.6 is 0 Å². The summed E-state index contributed by atoms with van der Waals surface area (Å²) in [4.78, 5) is 22.9. The lowest BCUT2D eigenvalue weighted by Gasteiger charge is -2.19. The standard InChI is InChI=1S/C15H30N2O3/c1-14(2,3)9-11-16-12(18)8-7-10-17-13(19)20-15(4,5)6/h7-11H2,1-6H3,(H,16,18)(H,17,19). The van der Waals surface area contributed by atoms with Gasteiger partial charge in [-0.15, -0.1) is 0 Å². The van der Waals surface area contributed by atoms with E-state index in [4.69, 9.17) is 4.74 Å². The minimum atomic E-state index is -0.492. The Morgan fingerprint density at radius 3 is 2.05 bits per heavy atom. The van der Waals surface area contributed by atoms with Crippen molar-refractivity contribution in [1.82, 2.24) is 10.6 Å². The molecule has 0 aromatic heterocycles. The highest BCUT2D eigenvalue weighted by atomic mass is 16.6. The normalized spacial score (nSPS) is 11.9. The monoisotopic (exact) mass is 286 g/mol. The average molecular weight is 286 g/mol. The largest absolute Gasteiger partial charge is 0.444 e. The Labute approximate surface area is 122 Å². The second kappa shape index (κ2) is 8.12. The Morgan fingerprint density at radius 2 is 1.55 bits per heavy atom. The Kier molecular flexibility index (Phi) is 7.61. The molecule has 0 atom stereocenters. The van der Waals surface area contributed by atoms with Crippen LogP contribution in [0.3, 0.4) is 0 Å². The van der Waals surface area contributed by atoms with Crippen molar-refractivity contribution in [2.45, 2.75) is 66.4 Å². The molecule has 0 unspecified atom stereocenters. The van der Waals surface area contributed by atoms with Crippen LogP contribution in [0, 0.1) is 5.41 Å². The molecule has 0 aliphatic rings. The highest BCUT2D eigenvalue weighted by molar-refractivity contribution is 5.75. The number of rotatable bonds is 6. The molecule has 0 radical (unpaired) electrons. The molecule has 118 valence electrons. The van der Waals surface area contributed by atoms with E-state index < -0.39 is 11.7 Å². The van der Waals surface area contributed by atoms with Gasteiger partial charge in [0.05, 0.1) is 0 Å². The molecule has 0 aromatic rings. The number of alkyl carbamates (subject to hydrolysis) is 1. The zero-order valence-corrected chi connectivity index (χ0v) is 13.8. The van der Waals surface area contributed by atoms with E-state index >= 15 is 0 Å². The van der Waals surface area contributed by atoms with Gasteiger partial charge in [0.2, 0.25) is 5.91 Å². The minimum Gasteiger partial charge on any atom is -0.444 e. The lowest BCUT2D eigenvalue weighted by Crippen LogP contribution is -2.33. The molecule has 5 heteroatoms. The highest BCUT2D eigenvalue weighted by Gasteiger charge is 2.15. The Bertz CT molecular complexity index is 314. The summed E-state index contributed by atoms with van der Waals surface area (Å²) >= 11 is 0. The van der Waals surface area contributed by atoms with Crippen LogP contribution in [-0.4, -0.2) is 30.7 Å². The fourth-order valence-electron chi connectivity index (χ4n) is 1.42. The third-order valence-electron chi connectivity index (χ3n) is 2.45. The van der Waals surface area contributed by atoms with Crippen LogP contribution in [0.5, 0.6) is 0 Å². The molecule has 0 bridgehead atoms. The molecule has 0 spiro atoms. The molecule has 2 amide bonds. The number of carbonyl (C=O) groups is 2. The second-order valence-corrected chi connectivity index (χ2v) is 7.19. The SMILES string of the molecule is CC(C)(C)CCNC(=O)CCCNC(=O)OC(C)(C)C. The van der Waals surface area contributed by atoms with Gasteiger partial charge in [-0.25, -0.2) is 4.79 Å². The molecular formula is C15H30N2O3. The summed E-state index contributed by atoms with van der Waals surface area (Å²) in [5, 5.41) is 5.52. The molecule has 0 rings (SSSR count). The number of nitrogens with one attached hydrogen (secondary N) is 2. The lowest BCUT2D eigenvalue weighted by atomic mass is 9.92. The maximum absolute atomic E-state index is 11.5. The molecule has 0 fully saturated rings. The fraction of sp³-hybridized carbons (Fsp3) is 0.867. The van der Waals surface area contributed by atoms with Crippen molar-refractivity contribution in [1.29, 1.82) is 0 Å². The van der Waals surface area contributed by atoms with Gasteiger partial charge in [-0.2, -0.15) is 0 Å². The van der Waals surface area contributed by atoms with Crippen LogP contribution in [0.2, 0.25) is 0 Å². The molecule has 0 aliphatic heterocycles. The maximum atomic E-state index is 11.5. The van der Waals surface area contributed by atoms with E-state index in [-0.39, 0.29) is 11.3 Å². The summed E-state index contributed by atoms with van der Waals surface area (Å²) in [5.74, 6) is 0.0280. The maximum Gasteiger partial charge on any atom is 0.407 e. The minimum absolute atomic E-state index is 0.0280. The van der Waals surface area contributed by atoms with Crippen molar-refractivity contribution in [3.05, 3.63) is 0 Å². The van der Waals surface area contributed by atoms with Crippen LogP contribution in [-0.2, 0) is 9.53 Å². The summed E-state index contributed by atoms with van der Waals surface area (Å²) in [6.45, 7) is 13.0. The first kappa shape index (κ1) is 18.7. The van der Waals surface area contributed by atoms with Gasteiger partial charge in [-0.05, 0) is 39.0 Å². The smallest absolute Gasteiger partial charge is 0.407 e. The van der Waals surface area contributed by atoms with Crippen LogP contribution < -0.4 is 10.6 Å². The van der Waals surface area contributed by atoms with Gasteiger partial charge in [-0.1, -0.05) is 20.8 Å². The van der Waals surface area contributed by atoms with Crippen LogP contribution in [0.1, 0.15) is 60.8 Å². The van der Waals surface area contributed by atoms with E-state index in [1.54, 1.807) is 0 Å². The van der Waals surface area contributed by atoms with Crippen LogP contribution in [0.4, 0.5) is 4.79 Å². The van der Waals surface area contributed by atoms with E-state index in [2.05, 4.69) is 31.4 Å². The fourth-order valence-corrected chi connectivity index (χ4v) is 1.42. The van der Waals surface area contributed by atoms with Crippen LogP contribution in [0.15, 0.2) is 0 Å². The van der Waals surface area contributed by atoms with E-state index in [9.17, 15) is 9.59 Å². The molecule has 2 N–H and O–H groups in total. The van der Waals surface area contributed by atoms with E-state index in [0.717, 1.165) is 6.42 Å². The van der Waals surface area contributed by atoms with Gasteiger partial charge in [-0.3, -0.25) is 4.79 Å². The summed E-state index contributed by atoms with van der Waals surface area (Å²) in [6.07, 6.45) is 1.54. The van der Waals surface area contributed by atoms with Crippen LogP contribution in [0.25, 0.3) is 0 Å². The molecule has 0 saturated heterocycles. The van der Waals surface area contributed by atoms with Crippen molar-refractivity contribution in [3.63, 3.8) is 0 Å². The summed E-state index contributed by atoms with van der Waals surface area (Å²) < 4.78 is 5.10. The Morgan fingerprint density at radius 1 is 0.950 bits per heavy atom. The second-order valence-electron chi connectivity index (χ2n) is 7.19. The number of amides is 2. The predicted octanol–water partition coefficient (Wildman–Crippen LogP) is 2.84. The first-order valence-corrected chi connectivity index (χ1v) is 7.23. The lowest BCUT2D eigenvalue weighted by molar-refractivity contribution is -0.121. The zero-order valence-electron chi connectivity index (χ0n) is 13.8. The van der Waals surface area contributed by atoms with E-state index in [0.29, 0.717) is 25.9 Å². The quantitative estimate of drug-likeness (QED) is 0.738. The van der Waals surface area contributed by atoms with Gasteiger partial charge >= 0.3 is 6.09 Å². The van der Waals surface area contributed by atoms with Crippen molar-refractivity contribution < 1.29 is 14.3 Å². The third kappa shape index (κ3) is 13.2. The molecule has 0 saturated carbocycles. The molecule has 0 heterocycles. The van der Waals surface area contributed by atoms with Crippen molar-refractivity contribution >= 4 is 12.0 Å². The van der Waals surface area contributed by atoms with Gasteiger partial charge in [0.15, 0.2) is 0 Å². The Hall–Kier alpha value is -1.26. The van der Waals surface area contributed by atoms with Gasteiger partial charge < -0.3 is 15.4 Å². The first-order valence-electron chi connectivity index (χ1n) is 7.23. The predicted molar refractivity (Wildman–Crippen MR) is 80.6 cm³/mol. The first-order chi connectivity index (χ1) is 8.99. The molecule has 0 aliphatic carbocycles. The molecular weight excluding hydrogens is 256 g/mol. The number of hydrogen-bond acceptors (Lipinski definition) is 3. The highest BCUT2D eigenvalue weighted by Crippen LogP contribution is 2.16. The van der Waals surface area contributed by atoms with Crippen molar-refractivity contribution in [2.24, 2.45) is 5.41 Å². The molecule has 0 aromatic carbocycles. The topological polar surface area (TPSA) is 67.4 Å². The molecule has 5 nitrogen and oxygen atoms in total. The van der Waals surface area contributed by atoms with Gasteiger partial charge in [0.25, 0.3) is 0 Å². The van der Waals surface area contributed by atoms with Crippen molar-refractivity contribution in [3.8, 4) is 0 Å². The Balaban J connectivity index is 3.60. The van der Waals surface area contributed by atoms with Crippen molar-refractivity contribution in [2.75, 3.05) is 13.1 Å². The number of carbonyl (C=O) groups excluding carboxylic acids is 2. The summed E-state index contributed by atoms with van der Waals surface area (Å²) in [7, 11) is 0.